The van der Waals surface area contributed by atoms with Gasteiger partial charge in [-0.2, -0.15) is 0 Å². The van der Waals surface area contributed by atoms with Crippen molar-refractivity contribution >= 4 is 23.4 Å². The van der Waals surface area contributed by atoms with Crippen molar-refractivity contribution in [3.63, 3.8) is 0 Å². The van der Waals surface area contributed by atoms with E-state index in [0.717, 1.165) is 37.3 Å². The maximum Gasteiger partial charge on any atom is 0.266 e. The first-order valence-corrected chi connectivity index (χ1v) is 8.54. The molecule has 0 N–H and O–H groups in total. The number of imide groups is 1. The first-order chi connectivity index (χ1) is 12.2. The second kappa shape index (κ2) is 6.16. The molecule has 4 rings (SSSR count). The molecule has 1 fully saturated rings. The van der Waals surface area contributed by atoms with Crippen molar-refractivity contribution in [2.75, 3.05) is 18.0 Å². The minimum atomic E-state index is -0.344. The van der Waals surface area contributed by atoms with Gasteiger partial charge < -0.3 is 4.90 Å². The Labute approximate surface area is 145 Å². The molecule has 25 heavy (non-hydrogen) atoms. The zero-order valence-electron chi connectivity index (χ0n) is 13.8. The van der Waals surface area contributed by atoms with E-state index in [1.54, 1.807) is 48.5 Å². The molecule has 0 unspecified atom stereocenters. The number of likely N-dealkylation sites (tertiary alicyclic amines) is 1. The number of hydrogen-bond acceptors (Lipinski definition) is 3. The SMILES string of the molecule is O=C(c1cccc(N2C(=O)c3ccccc3C2=O)c1)N1CCCCC1. The maximum absolute atomic E-state index is 12.7. The topological polar surface area (TPSA) is 57.7 Å². The van der Waals surface area contributed by atoms with Crippen LogP contribution in [-0.2, 0) is 0 Å². The maximum atomic E-state index is 12.7. The van der Waals surface area contributed by atoms with E-state index in [9.17, 15) is 14.4 Å². The molecule has 2 aliphatic rings. The number of carbonyl (C=O) groups excluding carboxylic acids is 3. The van der Waals surface area contributed by atoms with Gasteiger partial charge in [0.2, 0.25) is 0 Å². The summed E-state index contributed by atoms with van der Waals surface area (Å²) in [6.45, 7) is 1.52. The van der Waals surface area contributed by atoms with Crippen LogP contribution in [0.25, 0.3) is 0 Å². The normalized spacial score (nSPS) is 17.0. The molecule has 0 bridgehead atoms. The Bertz CT molecular complexity index is 834. The molecule has 0 saturated carbocycles. The molecular formula is C20H18N2O3. The molecule has 0 radical (unpaired) electrons. The van der Waals surface area contributed by atoms with Gasteiger partial charge in [0.1, 0.15) is 0 Å². The standard InChI is InChI=1S/C20H18N2O3/c23-18(21-11-4-1-5-12-21)14-7-6-8-15(13-14)22-19(24)16-9-2-3-10-17(16)20(22)25/h2-3,6-10,13H,1,4-5,11-12H2. The number of anilines is 1. The van der Waals surface area contributed by atoms with Gasteiger partial charge in [-0.3, -0.25) is 14.4 Å². The van der Waals surface area contributed by atoms with Crippen molar-refractivity contribution in [1.29, 1.82) is 0 Å². The third kappa shape index (κ3) is 2.61. The zero-order valence-corrected chi connectivity index (χ0v) is 13.8. The number of amides is 3. The highest BCUT2D eigenvalue weighted by atomic mass is 16.2. The van der Waals surface area contributed by atoms with Crippen LogP contribution in [0.5, 0.6) is 0 Å². The lowest BCUT2D eigenvalue weighted by molar-refractivity contribution is 0.0723. The Kier molecular flexibility index (Phi) is 3.84. The van der Waals surface area contributed by atoms with Crippen molar-refractivity contribution in [2.45, 2.75) is 19.3 Å². The van der Waals surface area contributed by atoms with Gasteiger partial charge in [0.25, 0.3) is 17.7 Å². The Morgan fingerprint density at radius 2 is 1.44 bits per heavy atom. The molecule has 5 nitrogen and oxygen atoms in total. The first-order valence-electron chi connectivity index (χ1n) is 8.54. The summed E-state index contributed by atoms with van der Waals surface area (Å²) >= 11 is 0. The van der Waals surface area contributed by atoms with E-state index in [2.05, 4.69) is 0 Å². The number of benzene rings is 2. The predicted octanol–water partition coefficient (Wildman–Crippen LogP) is 3.11. The van der Waals surface area contributed by atoms with Crippen LogP contribution in [0.2, 0.25) is 0 Å². The Morgan fingerprint density at radius 1 is 0.800 bits per heavy atom. The fraction of sp³-hybridized carbons (Fsp3) is 0.250. The predicted molar refractivity (Wildman–Crippen MR) is 93.8 cm³/mol. The van der Waals surface area contributed by atoms with Crippen LogP contribution < -0.4 is 4.90 Å². The van der Waals surface area contributed by atoms with E-state index in [-0.39, 0.29) is 17.7 Å². The van der Waals surface area contributed by atoms with Crippen molar-refractivity contribution in [3.05, 3.63) is 65.2 Å². The van der Waals surface area contributed by atoms with Crippen LogP contribution in [0.3, 0.4) is 0 Å². The second-order valence-corrected chi connectivity index (χ2v) is 6.39. The summed E-state index contributed by atoms with van der Waals surface area (Å²) in [5.41, 5.74) is 1.76. The van der Waals surface area contributed by atoms with Crippen molar-refractivity contribution < 1.29 is 14.4 Å². The van der Waals surface area contributed by atoms with Crippen molar-refractivity contribution in [1.82, 2.24) is 4.90 Å². The summed E-state index contributed by atoms with van der Waals surface area (Å²) in [6.07, 6.45) is 3.19. The van der Waals surface area contributed by atoms with Crippen molar-refractivity contribution in [3.8, 4) is 0 Å². The molecule has 0 atom stereocenters. The number of hydrogen-bond donors (Lipinski definition) is 0. The average molecular weight is 334 g/mol. The molecule has 1 saturated heterocycles. The largest absolute Gasteiger partial charge is 0.339 e. The van der Waals surface area contributed by atoms with E-state index >= 15 is 0 Å². The Morgan fingerprint density at radius 3 is 2.08 bits per heavy atom. The van der Waals surface area contributed by atoms with Gasteiger partial charge in [-0.05, 0) is 49.6 Å². The van der Waals surface area contributed by atoms with Gasteiger partial charge in [0.15, 0.2) is 0 Å². The van der Waals surface area contributed by atoms with Crippen LogP contribution in [0.15, 0.2) is 48.5 Å². The van der Waals surface area contributed by atoms with Crippen molar-refractivity contribution in [2.24, 2.45) is 0 Å². The number of carbonyl (C=O) groups is 3. The highest BCUT2D eigenvalue weighted by molar-refractivity contribution is 6.34. The molecule has 0 aliphatic carbocycles. The van der Waals surface area contributed by atoms with Crippen LogP contribution in [-0.4, -0.2) is 35.7 Å². The number of fused-ring (bicyclic) bond motifs is 1. The Hall–Kier alpha value is -2.95. The number of rotatable bonds is 2. The van der Waals surface area contributed by atoms with Crippen LogP contribution in [0.1, 0.15) is 50.3 Å². The average Bonchev–Trinajstić information content (AvgIpc) is 2.93. The van der Waals surface area contributed by atoms with Gasteiger partial charge in [-0.25, -0.2) is 4.90 Å². The summed E-state index contributed by atoms with van der Waals surface area (Å²) in [6, 6.07) is 13.6. The molecular weight excluding hydrogens is 316 g/mol. The van der Waals surface area contributed by atoms with E-state index in [0.29, 0.717) is 22.4 Å². The Balaban J connectivity index is 1.65. The molecule has 2 aromatic carbocycles. The minimum Gasteiger partial charge on any atom is -0.339 e. The summed E-state index contributed by atoms with van der Waals surface area (Å²) in [7, 11) is 0. The van der Waals surface area contributed by atoms with Crippen LogP contribution in [0.4, 0.5) is 5.69 Å². The van der Waals surface area contributed by atoms with Gasteiger partial charge in [0, 0.05) is 18.7 Å². The molecule has 2 aromatic rings. The third-order valence-electron chi connectivity index (χ3n) is 4.79. The summed E-state index contributed by atoms with van der Waals surface area (Å²) in [5, 5.41) is 0. The van der Waals surface area contributed by atoms with Gasteiger partial charge in [-0.1, -0.05) is 18.2 Å². The fourth-order valence-corrected chi connectivity index (χ4v) is 3.48. The molecule has 2 aliphatic heterocycles. The summed E-state index contributed by atoms with van der Waals surface area (Å²) < 4.78 is 0. The minimum absolute atomic E-state index is 0.0434. The molecule has 2 heterocycles. The highest BCUT2D eigenvalue weighted by Crippen LogP contribution is 2.29. The quantitative estimate of drug-likeness (QED) is 0.793. The monoisotopic (exact) mass is 334 g/mol. The van der Waals surface area contributed by atoms with Gasteiger partial charge >= 0.3 is 0 Å². The van der Waals surface area contributed by atoms with E-state index in [1.165, 1.54) is 0 Å². The first kappa shape index (κ1) is 15.6. The molecule has 126 valence electrons. The van der Waals surface area contributed by atoms with Crippen LogP contribution in [0, 0.1) is 0 Å². The summed E-state index contributed by atoms with van der Waals surface area (Å²) in [5.74, 6) is -0.732. The van der Waals surface area contributed by atoms with Gasteiger partial charge in [0.05, 0.1) is 16.8 Å². The lowest BCUT2D eigenvalue weighted by atomic mass is 10.1. The molecule has 0 aromatic heterocycles. The fourth-order valence-electron chi connectivity index (χ4n) is 3.48. The molecule has 0 spiro atoms. The lowest BCUT2D eigenvalue weighted by Gasteiger charge is -2.27. The molecule has 3 amide bonds. The third-order valence-corrected chi connectivity index (χ3v) is 4.79. The number of nitrogens with zero attached hydrogens (tertiary/aromatic N) is 2. The lowest BCUT2D eigenvalue weighted by Crippen LogP contribution is -2.36. The number of piperidine rings is 1. The van der Waals surface area contributed by atoms with E-state index < -0.39 is 0 Å². The van der Waals surface area contributed by atoms with E-state index in [1.807, 2.05) is 4.90 Å². The van der Waals surface area contributed by atoms with Crippen LogP contribution >= 0.6 is 0 Å². The summed E-state index contributed by atoms with van der Waals surface area (Å²) in [4.78, 5) is 40.9. The zero-order chi connectivity index (χ0) is 17.4. The van der Waals surface area contributed by atoms with Gasteiger partial charge in [-0.15, -0.1) is 0 Å². The molecule has 5 heteroatoms. The smallest absolute Gasteiger partial charge is 0.266 e. The highest BCUT2D eigenvalue weighted by Gasteiger charge is 2.36. The van der Waals surface area contributed by atoms with E-state index in [4.69, 9.17) is 0 Å². The second-order valence-electron chi connectivity index (χ2n) is 6.39.